The van der Waals surface area contributed by atoms with Gasteiger partial charge in [0.05, 0.1) is 0 Å². The van der Waals surface area contributed by atoms with E-state index in [0.717, 1.165) is 6.42 Å². The molecule has 0 aliphatic heterocycles. The zero-order valence-corrected chi connectivity index (χ0v) is 10.8. The number of benzene rings is 1. The quantitative estimate of drug-likeness (QED) is 0.739. The van der Waals surface area contributed by atoms with Gasteiger partial charge in [0.2, 0.25) is 0 Å². The van der Waals surface area contributed by atoms with Gasteiger partial charge in [-0.05, 0) is 38.3 Å². The third-order valence-corrected chi connectivity index (χ3v) is 3.81. The van der Waals surface area contributed by atoms with E-state index in [-0.39, 0.29) is 5.54 Å². The molecule has 1 N–H and O–H groups in total. The summed E-state index contributed by atoms with van der Waals surface area (Å²) in [5.41, 5.74) is 2.83. The van der Waals surface area contributed by atoms with Crippen LogP contribution in [0.25, 0.3) is 0 Å². The van der Waals surface area contributed by atoms with Gasteiger partial charge in [-0.2, -0.15) is 0 Å². The van der Waals surface area contributed by atoms with Crippen LogP contribution in [-0.4, -0.2) is 5.54 Å². The fraction of sp³-hybridized carbons (Fsp3) is 0.500. The highest BCUT2D eigenvalue weighted by atomic mass is 15.0. The van der Waals surface area contributed by atoms with Gasteiger partial charge < -0.3 is 5.32 Å². The molecule has 0 radical (unpaired) electrons. The van der Waals surface area contributed by atoms with E-state index in [1.54, 1.807) is 0 Å². The molecule has 1 aliphatic rings. The summed E-state index contributed by atoms with van der Waals surface area (Å²) in [6, 6.07) is 8.73. The summed E-state index contributed by atoms with van der Waals surface area (Å²) in [5.74, 6) is 0. The van der Waals surface area contributed by atoms with E-state index in [2.05, 4.69) is 49.2 Å². The first-order valence-electron chi connectivity index (χ1n) is 6.70. The predicted molar refractivity (Wildman–Crippen MR) is 75.4 cm³/mol. The number of nitrogens with one attached hydrogen (secondary N) is 1. The molecule has 2 rings (SSSR count). The predicted octanol–water partition coefficient (Wildman–Crippen LogP) is 4.69. The Kier molecular flexibility index (Phi) is 3.88. The molecular weight excluding hydrogens is 206 g/mol. The van der Waals surface area contributed by atoms with Gasteiger partial charge >= 0.3 is 0 Å². The smallest absolute Gasteiger partial charge is 0.0408 e. The van der Waals surface area contributed by atoms with Crippen LogP contribution >= 0.6 is 0 Å². The second-order valence-corrected chi connectivity index (χ2v) is 5.32. The van der Waals surface area contributed by atoms with Crippen molar-refractivity contribution in [1.82, 2.24) is 0 Å². The van der Waals surface area contributed by atoms with Crippen molar-refractivity contribution < 1.29 is 0 Å². The molecule has 92 valence electrons. The Morgan fingerprint density at radius 1 is 1.18 bits per heavy atom. The van der Waals surface area contributed by atoms with Crippen LogP contribution < -0.4 is 5.32 Å². The molecule has 0 unspecified atom stereocenters. The first-order valence-corrected chi connectivity index (χ1v) is 6.70. The van der Waals surface area contributed by atoms with Crippen molar-refractivity contribution in [1.29, 1.82) is 0 Å². The molecule has 0 amide bonds. The van der Waals surface area contributed by atoms with E-state index < -0.39 is 0 Å². The molecule has 1 aromatic carbocycles. The number of hydrogen-bond donors (Lipinski definition) is 1. The summed E-state index contributed by atoms with van der Waals surface area (Å²) < 4.78 is 0. The maximum absolute atomic E-state index is 3.92. The molecule has 0 saturated heterocycles. The van der Waals surface area contributed by atoms with Crippen molar-refractivity contribution in [2.75, 3.05) is 5.32 Å². The normalized spacial score (nSPS) is 18.6. The zero-order valence-electron chi connectivity index (χ0n) is 10.8. The van der Waals surface area contributed by atoms with Gasteiger partial charge in [0.15, 0.2) is 0 Å². The second kappa shape index (κ2) is 5.39. The Morgan fingerprint density at radius 2 is 1.82 bits per heavy atom. The van der Waals surface area contributed by atoms with Crippen LogP contribution in [0.1, 0.15) is 44.1 Å². The summed E-state index contributed by atoms with van der Waals surface area (Å²) in [5, 5.41) is 3.75. The van der Waals surface area contributed by atoms with E-state index in [9.17, 15) is 0 Å². The monoisotopic (exact) mass is 229 g/mol. The summed E-state index contributed by atoms with van der Waals surface area (Å²) >= 11 is 0. The molecule has 1 nitrogen and oxygen atoms in total. The first kappa shape index (κ1) is 12.2. The minimum Gasteiger partial charge on any atom is -0.379 e. The number of aryl methyl sites for hydroxylation is 1. The Labute approximate surface area is 105 Å². The van der Waals surface area contributed by atoms with Crippen LogP contribution in [0.4, 0.5) is 5.69 Å². The van der Waals surface area contributed by atoms with E-state index in [1.165, 1.54) is 43.4 Å². The highest BCUT2D eigenvalue weighted by molar-refractivity contribution is 5.47. The minimum atomic E-state index is 0.259. The lowest BCUT2D eigenvalue weighted by Crippen LogP contribution is -2.39. The lowest BCUT2D eigenvalue weighted by atomic mass is 9.79. The largest absolute Gasteiger partial charge is 0.379 e. The van der Waals surface area contributed by atoms with E-state index in [1.807, 2.05) is 0 Å². The van der Waals surface area contributed by atoms with Crippen molar-refractivity contribution in [3.8, 4) is 0 Å². The van der Waals surface area contributed by atoms with Crippen LogP contribution in [0, 0.1) is 6.92 Å². The lowest BCUT2D eigenvalue weighted by molar-refractivity contribution is 0.326. The SMILES string of the molecule is C=CCC1(Nc2ccc(C)cc2)CCCCC1. The van der Waals surface area contributed by atoms with Crippen molar-refractivity contribution in [3.05, 3.63) is 42.5 Å². The van der Waals surface area contributed by atoms with E-state index in [4.69, 9.17) is 0 Å². The van der Waals surface area contributed by atoms with Crippen LogP contribution in [0.5, 0.6) is 0 Å². The highest BCUT2D eigenvalue weighted by Gasteiger charge is 2.30. The summed E-state index contributed by atoms with van der Waals surface area (Å²) in [6.45, 7) is 6.04. The van der Waals surface area contributed by atoms with Crippen LogP contribution in [0.15, 0.2) is 36.9 Å². The standard InChI is InChI=1S/C16H23N/c1-3-11-16(12-5-4-6-13-16)17-15-9-7-14(2)8-10-15/h3,7-10,17H,1,4-6,11-13H2,2H3. The van der Waals surface area contributed by atoms with Gasteiger partial charge in [0.1, 0.15) is 0 Å². The van der Waals surface area contributed by atoms with Crippen molar-refractivity contribution >= 4 is 5.69 Å². The van der Waals surface area contributed by atoms with Crippen LogP contribution in [0.3, 0.4) is 0 Å². The maximum Gasteiger partial charge on any atom is 0.0408 e. The average Bonchev–Trinajstić information content (AvgIpc) is 2.34. The topological polar surface area (TPSA) is 12.0 Å². The Balaban J connectivity index is 2.11. The number of rotatable bonds is 4. The fourth-order valence-electron chi connectivity index (χ4n) is 2.83. The zero-order chi connectivity index (χ0) is 12.1. The minimum absolute atomic E-state index is 0.259. The molecular formula is C16H23N. The molecule has 1 fully saturated rings. The molecule has 0 bridgehead atoms. The number of anilines is 1. The summed E-state index contributed by atoms with van der Waals surface area (Å²) in [6.07, 6.45) is 9.74. The molecule has 1 saturated carbocycles. The number of hydrogen-bond acceptors (Lipinski definition) is 1. The Bertz CT molecular complexity index is 358. The molecule has 0 spiro atoms. The Morgan fingerprint density at radius 3 is 2.41 bits per heavy atom. The van der Waals surface area contributed by atoms with Gasteiger partial charge in [-0.3, -0.25) is 0 Å². The molecule has 17 heavy (non-hydrogen) atoms. The van der Waals surface area contributed by atoms with Gasteiger partial charge in [-0.25, -0.2) is 0 Å². The molecule has 0 atom stereocenters. The van der Waals surface area contributed by atoms with Crippen molar-refractivity contribution in [2.24, 2.45) is 0 Å². The van der Waals surface area contributed by atoms with Crippen LogP contribution in [0.2, 0.25) is 0 Å². The summed E-state index contributed by atoms with van der Waals surface area (Å²) in [4.78, 5) is 0. The fourth-order valence-corrected chi connectivity index (χ4v) is 2.83. The first-order chi connectivity index (χ1) is 8.24. The van der Waals surface area contributed by atoms with Crippen molar-refractivity contribution in [3.63, 3.8) is 0 Å². The van der Waals surface area contributed by atoms with Gasteiger partial charge in [0, 0.05) is 11.2 Å². The summed E-state index contributed by atoms with van der Waals surface area (Å²) in [7, 11) is 0. The molecule has 1 aliphatic carbocycles. The maximum atomic E-state index is 3.92. The molecule has 1 heteroatoms. The van der Waals surface area contributed by atoms with Gasteiger partial charge in [0.25, 0.3) is 0 Å². The molecule has 0 heterocycles. The molecule has 1 aromatic rings. The third kappa shape index (κ3) is 3.12. The van der Waals surface area contributed by atoms with E-state index in [0.29, 0.717) is 0 Å². The second-order valence-electron chi connectivity index (χ2n) is 5.32. The van der Waals surface area contributed by atoms with Crippen LogP contribution in [-0.2, 0) is 0 Å². The average molecular weight is 229 g/mol. The third-order valence-electron chi connectivity index (χ3n) is 3.81. The highest BCUT2D eigenvalue weighted by Crippen LogP contribution is 2.34. The van der Waals surface area contributed by atoms with E-state index >= 15 is 0 Å². The van der Waals surface area contributed by atoms with Crippen molar-refractivity contribution in [2.45, 2.75) is 51.0 Å². The Hall–Kier alpha value is -1.24. The van der Waals surface area contributed by atoms with Gasteiger partial charge in [-0.1, -0.05) is 43.0 Å². The van der Waals surface area contributed by atoms with Gasteiger partial charge in [-0.15, -0.1) is 6.58 Å². The molecule has 0 aromatic heterocycles. The lowest BCUT2D eigenvalue weighted by Gasteiger charge is -2.38.